The van der Waals surface area contributed by atoms with Crippen LogP contribution in [0.5, 0.6) is 0 Å². The highest BCUT2D eigenvalue weighted by Gasteiger charge is 2.07. The summed E-state index contributed by atoms with van der Waals surface area (Å²) in [7, 11) is 0. The Balaban J connectivity index is 1.39. The van der Waals surface area contributed by atoms with Gasteiger partial charge in [-0.3, -0.25) is 14.2 Å². The zero-order valence-corrected chi connectivity index (χ0v) is 16.1. The molecule has 0 aliphatic rings. The minimum absolute atomic E-state index is 0.108. The fourth-order valence-electron chi connectivity index (χ4n) is 2.72. The van der Waals surface area contributed by atoms with Crippen molar-refractivity contribution in [3.8, 4) is 5.82 Å². The highest BCUT2D eigenvalue weighted by molar-refractivity contribution is 5.90. The Hall–Kier alpha value is -4.34. The molecule has 4 rings (SSSR count). The summed E-state index contributed by atoms with van der Waals surface area (Å²) in [6.45, 7) is 1.62. The molecule has 4 aromatic rings. The zero-order valence-electron chi connectivity index (χ0n) is 16.1. The first-order valence-corrected chi connectivity index (χ1v) is 9.09. The Kier molecular flexibility index (Phi) is 5.29. The average Bonchev–Trinajstić information content (AvgIpc) is 3.27. The molecule has 2 N–H and O–H groups in total. The average molecular weight is 402 g/mol. The number of hydrogen-bond donors (Lipinski definition) is 2. The molecule has 0 fully saturated rings. The van der Waals surface area contributed by atoms with Gasteiger partial charge in [0, 0.05) is 41.6 Å². The molecular formula is C20H18N8O2. The molecule has 150 valence electrons. The van der Waals surface area contributed by atoms with Gasteiger partial charge in [0.05, 0.1) is 6.33 Å². The predicted molar refractivity (Wildman–Crippen MR) is 111 cm³/mol. The van der Waals surface area contributed by atoms with E-state index < -0.39 is 0 Å². The van der Waals surface area contributed by atoms with E-state index in [0.717, 1.165) is 5.69 Å². The molecule has 0 aliphatic heterocycles. The van der Waals surface area contributed by atoms with Crippen LogP contribution in [0.25, 0.3) is 5.82 Å². The van der Waals surface area contributed by atoms with Gasteiger partial charge < -0.3 is 10.6 Å². The van der Waals surface area contributed by atoms with Crippen LogP contribution in [0.2, 0.25) is 0 Å². The lowest BCUT2D eigenvalue weighted by Gasteiger charge is -2.10. The number of nitrogens with zero attached hydrogens (tertiary/aromatic N) is 6. The largest absolute Gasteiger partial charge is 0.340 e. The highest BCUT2D eigenvalue weighted by atomic mass is 16.2. The van der Waals surface area contributed by atoms with Crippen LogP contribution in [0.4, 0.5) is 17.2 Å². The monoisotopic (exact) mass is 402 g/mol. The van der Waals surface area contributed by atoms with E-state index >= 15 is 0 Å². The van der Waals surface area contributed by atoms with Crippen molar-refractivity contribution in [3.05, 3.63) is 83.6 Å². The van der Waals surface area contributed by atoms with Crippen LogP contribution >= 0.6 is 0 Å². The van der Waals surface area contributed by atoms with Gasteiger partial charge in [-0.25, -0.2) is 19.6 Å². The first kappa shape index (κ1) is 19.0. The number of amides is 1. The van der Waals surface area contributed by atoms with Crippen LogP contribution in [-0.2, 0) is 11.3 Å². The third-order valence-corrected chi connectivity index (χ3v) is 4.16. The normalized spacial score (nSPS) is 10.6. The lowest BCUT2D eigenvalue weighted by molar-refractivity contribution is -0.116. The summed E-state index contributed by atoms with van der Waals surface area (Å²) < 4.78 is 2.89. The van der Waals surface area contributed by atoms with Crippen molar-refractivity contribution in [3.63, 3.8) is 0 Å². The minimum Gasteiger partial charge on any atom is -0.340 e. The molecule has 3 heterocycles. The van der Waals surface area contributed by atoms with E-state index in [1.54, 1.807) is 42.2 Å². The summed E-state index contributed by atoms with van der Waals surface area (Å²) in [5, 5.41) is 10.1. The van der Waals surface area contributed by atoms with Crippen LogP contribution in [0.3, 0.4) is 0 Å². The maximum absolute atomic E-state index is 12.2. The van der Waals surface area contributed by atoms with Gasteiger partial charge in [0.25, 0.3) is 5.56 Å². The summed E-state index contributed by atoms with van der Waals surface area (Å²) >= 11 is 0. The van der Waals surface area contributed by atoms with Crippen molar-refractivity contribution in [2.75, 3.05) is 10.6 Å². The van der Waals surface area contributed by atoms with Gasteiger partial charge in [0.15, 0.2) is 5.82 Å². The molecule has 0 unspecified atom stereocenters. The Bertz CT molecular complexity index is 1220. The number of anilines is 3. The predicted octanol–water partition coefficient (Wildman–Crippen LogP) is 1.91. The first-order valence-electron chi connectivity index (χ1n) is 9.09. The quantitative estimate of drug-likeness (QED) is 0.505. The van der Waals surface area contributed by atoms with Gasteiger partial charge in [-0.15, -0.1) is 0 Å². The van der Waals surface area contributed by atoms with Crippen molar-refractivity contribution in [2.24, 2.45) is 0 Å². The van der Waals surface area contributed by atoms with Gasteiger partial charge in [0.1, 0.15) is 18.7 Å². The van der Waals surface area contributed by atoms with E-state index in [1.165, 1.54) is 23.3 Å². The molecule has 0 aliphatic carbocycles. The number of carbonyl (C=O) groups excluding carboxylic acids is 1. The van der Waals surface area contributed by atoms with Crippen LogP contribution in [0.1, 0.15) is 5.69 Å². The zero-order chi connectivity index (χ0) is 20.9. The molecule has 10 heteroatoms. The molecule has 1 amide bonds. The molecule has 3 aromatic heterocycles. The maximum atomic E-state index is 12.2. The Labute approximate surface area is 171 Å². The minimum atomic E-state index is -0.317. The highest BCUT2D eigenvalue weighted by Crippen LogP contribution is 2.18. The molecule has 10 nitrogen and oxygen atoms in total. The van der Waals surface area contributed by atoms with E-state index in [-0.39, 0.29) is 18.0 Å². The second-order valence-electron chi connectivity index (χ2n) is 6.46. The third kappa shape index (κ3) is 4.55. The number of benzene rings is 1. The number of aromatic nitrogens is 6. The molecule has 0 radical (unpaired) electrons. The third-order valence-electron chi connectivity index (χ3n) is 4.16. The van der Waals surface area contributed by atoms with Crippen molar-refractivity contribution >= 4 is 23.1 Å². The number of hydrogen-bond acceptors (Lipinski definition) is 7. The molecule has 0 spiro atoms. The molecule has 0 saturated heterocycles. The standard InChI is InChI=1S/C20H18N8O2/c1-14-9-20(30)27(13-23-14)11-19(29)26-16-5-3-15(4-6-16)25-17-10-18(22-12-21-17)28-8-2-7-24-28/h2-10,12-13H,11H2,1H3,(H,26,29)(H,21,22,25). The SMILES string of the molecule is Cc1cc(=O)n(CC(=O)Nc2ccc(Nc3cc(-n4cccn4)ncn3)cc2)cn1. The van der Waals surface area contributed by atoms with Crippen molar-refractivity contribution in [1.82, 2.24) is 29.3 Å². The van der Waals surface area contributed by atoms with Crippen molar-refractivity contribution < 1.29 is 4.79 Å². The smallest absolute Gasteiger partial charge is 0.253 e. The van der Waals surface area contributed by atoms with Crippen LogP contribution in [0, 0.1) is 6.92 Å². The van der Waals surface area contributed by atoms with E-state index in [4.69, 9.17) is 0 Å². The Morgan fingerprint density at radius 1 is 1.07 bits per heavy atom. The van der Waals surface area contributed by atoms with Crippen molar-refractivity contribution in [1.29, 1.82) is 0 Å². The van der Waals surface area contributed by atoms with Gasteiger partial charge in [-0.1, -0.05) is 0 Å². The lowest BCUT2D eigenvalue weighted by atomic mass is 10.2. The number of aryl methyl sites for hydroxylation is 1. The van der Waals surface area contributed by atoms with E-state index in [9.17, 15) is 9.59 Å². The fourth-order valence-corrected chi connectivity index (χ4v) is 2.72. The van der Waals surface area contributed by atoms with Gasteiger partial charge in [-0.2, -0.15) is 5.10 Å². The molecule has 0 saturated carbocycles. The Morgan fingerprint density at radius 3 is 2.60 bits per heavy atom. The topological polar surface area (TPSA) is 120 Å². The van der Waals surface area contributed by atoms with E-state index in [2.05, 4.69) is 30.7 Å². The summed E-state index contributed by atoms with van der Waals surface area (Å²) in [5.41, 5.74) is 1.74. The molecular weight excluding hydrogens is 384 g/mol. The van der Waals surface area contributed by atoms with Gasteiger partial charge in [0.2, 0.25) is 5.91 Å². The molecule has 1 aromatic carbocycles. The number of carbonyl (C=O) groups is 1. The van der Waals surface area contributed by atoms with Crippen LogP contribution < -0.4 is 16.2 Å². The van der Waals surface area contributed by atoms with Crippen LogP contribution in [-0.4, -0.2) is 35.2 Å². The lowest BCUT2D eigenvalue weighted by Crippen LogP contribution is -2.27. The number of nitrogens with one attached hydrogen (secondary N) is 2. The maximum Gasteiger partial charge on any atom is 0.253 e. The number of rotatable bonds is 6. The second kappa shape index (κ2) is 8.35. The summed E-state index contributed by atoms with van der Waals surface area (Å²) in [6, 6.07) is 12.1. The van der Waals surface area contributed by atoms with Crippen LogP contribution in [0.15, 0.2) is 72.3 Å². The van der Waals surface area contributed by atoms with E-state index in [0.29, 0.717) is 23.0 Å². The molecule has 30 heavy (non-hydrogen) atoms. The van der Waals surface area contributed by atoms with Crippen molar-refractivity contribution in [2.45, 2.75) is 13.5 Å². The first-order chi connectivity index (χ1) is 14.6. The van der Waals surface area contributed by atoms with Gasteiger partial charge in [-0.05, 0) is 37.3 Å². The fraction of sp³-hybridized carbons (Fsp3) is 0.100. The summed E-state index contributed by atoms with van der Waals surface area (Å²) in [5.74, 6) is 0.934. The van der Waals surface area contributed by atoms with E-state index in [1.807, 2.05) is 18.2 Å². The summed E-state index contributed by atoms with van der Waals surface area (Å²) in [4.78, 5) is 36.5. The Morgan fingerprint density at radius 2 is 1.87 bits per heavy atom. The molecule has 0 atom stereocenters. The summed E-state index contributed by atoms with van der Waals surface area (Å²) in [6.07, 6.45) is 6.29. The second-order valence-corrected chi connectivity index (χ2v) is 6.46. The van der Waals surface area contributed by atoms with Gasteiger partial charge >= 0.3 is 0 Å². The molecule has 0 bridgehead atoms.